The summed E-state index contributed by atoms with van der Waals surface area (Å²) in [7, 11) is 0. The molecular weight excluding hydrogens is 474 g/mol. The molecule has 0 amide bonds. The van der Waals surface area contributed by atoms with Gasteiger partial charge in [-0.15, -0.1) is 0 Å². The summed E-state index contributed by atoms with van der Waals surface area (Å²) in [5, 5.41) is 0. The summed E-state index contributed by atoms with van der Waals surface area (Å²) >= 11 is 0. The van der Waals surface area contributed by atoms with Crippen molar-refractivity contribution < 1.29 is 19.1 Å². The Labute approximate surface area is 231 Å². The second-order valence-corrected chi connectivity index (χ2v) is 11.8. The predicted molar refractivity (Wildman–Crippen MR) is 156 cm³/mol. The lowest BCUT2D eigenvalue weighted by molar-refractivity contribution is -0.136. The monoisotopic (exact) mass is 525 g/mol. The number of Topliss-reactive ketones (excluding diaryl/α,β-unsaturated/α-hetero) is 2. The number of carbonyl (C=O) groups is 3. The summed E-state index contributed by atoms with van der Waals surface area (Å²) in [5.74, 6) is -1.24. The molecule has 5 nitrogen and oxygen atoms in total. The molecule has 1 aliphatic carbocycles. The van der Waals surface area contributed by atoms with E-state index in [4.69, 9.17) is 4.74 Å². The van der Waals surface area contributed by atoms with E-state index < -0.39 is 5.92 Å². The number of ether oxygens (including phenoxy) is 1. The molecule has 212 valence electrons. The van der Waals surface area contributed by atoms with Crippen molar-refractivity contribution in [2.75, 3.05) is 6.61 Å². The van der Waals surface area contributed by atoms with Crippen LogP contribution in [0.2, 0.25) is 0 Å². The molecule has 0 atom stereocenters. The fourth-order valence-electron chi connectivity index (χ4n) is 5.14. The molecular formula is C33H51NO4. The molecule has 2 rings (SSSR count). The van der Waals surface area contributed by atoms with Crippen LogP contribution < -0.4 is 0 Å². The Morgan fingerprint density at radius 3 is 1.71 bits per heavy atom. The van der Waals surface area contributed by atoms with Crippen molar-refractivity contribution in [2.45, 2.75) is 130 Å². The Kier molecular flexibility index (Phi) is 15.2. The topological polar surface area (TPSA) is 72.8 Å². The van der Waals surface area contributed by atoms with Gasteiger partial charge in [0.15, 0.2) is 0 Å². The largest absolute Gasteiger partial charge is 0.462 e. The first-order valence-electron chi connectivity index (χ1n) is 15.2. The molecule has 1 saturated carbocycles. The normalized spacial score (nSPS) is 15.9. The average Bonchev–Trinajstić information content (AvgIpc) is 2.87. The zero-order chi connectivity index (χ0) is 27.6. The van der Waals surface area contributed by atoms with Crippen LogP contribution in [0.5, 0.6) is 0 Å². The number of rotatable bonds is 19. The number of benzene rings is 1. The van der Waals surface area contributed by atoms with Crippen molar-refractivity contribution in [1.29, 1.82) is 0 Å². The van der Waals surface area contributed by atoms with Crippen LogP contribution in [0.4, 0.5) is 5.69 Å². The van der Waals surface area contributed by atoms with Crippen molar-refractivity contribution in [2.24, 2.45) is 16.3 Å². The number of nitrogens with zero attached hydrogens (tertiary/aromatic N) is 1. The smallest absolute Gasteiger partial charge is 0.338 e. The molecule has 0 unspecified atom stereocenters. The van der Waals surface area contributed by atoms with Crippen LogP contribution in [0.1, 0.15) is 140 Å². The zero-order valence-corrected chi connectivity index (χ0v) is 24.3. The van der Waals surface area contributed by atoms with E-state index in [-0.39, 0.29) is 23.0 Å². The molecule has 1 aromatic rings. The third-order valence-corrected chi connectivity index (χ3v) is 7.46. The van der Waals surface area contributed by atoms with E-state index in [9.17, 15) is 14.4 Å². The number of hydrogen-bond acceptors (Lipinski definition) is 5. The summed E-state index contributed by atoms with van der Waals surface area (Å²) in [6.45, 7) is 6.59. The molecule has 0 aromatic heterocycles. The van der Waals surface area contributed by atoms with Gasteiger partial charge in [-0.3, -0.25) is 14.6 Å². The Hall–Kier alpha value is -2.30. The van der Waals surface area contributed by atoms with E-state index in [1.807, 2.05) is 13.8 Å². The summed E-state index contributed by atoms with van der Waals surface area (Å²) < 4.78 is 5.42. The highest BCUT2D eigenvalue weighted by atomic mass is 16.5. The van der Waals surface area contributed by atoms with Crippen molar-refractivity contribution in [3.8, 4) is 0 Å². The fraction of sp³-hybridized carbons (Fsp3) is 0.697. The number of hydrogen-bond donors (Lipinski definition) is 0. The lowest BCUT2D eigenvalue weighted by Crippen LogP contribution is -2.38. The lowest BCUT2D eigenvalue weighted by atomic mass is 9.72. The van der Waals surface area contributed by atoms with Gasteiger partial charge in [0.05, 0.1) is 17.9 Å². The molecule has 0 spiro atoms. The standard InChI is InChI=1S/C33H51NO4/c1-4-5-6-7-8-9-10-11-12-13-14-15-16-17-18-23-38-32(37)27-19-21-28(22-20-27)34-26-29-30(35)24-33(2,3)25-31(29)36/h19-22,26,29H,4-18,23-25H2,1-3H3. The van der Waals surface area contributed by atoms with Crippen molar-refractivity contribution >= 4 is 29.4 Å². The first-order valence-corrected chi connectivity index (χ1v) is 15.2. The molecule has 0 radical (unpaired) electrons. The highest BCUT2D eigenvalue weighted by Crippen LogP contribution is 2.33. The third kappa shape index (κ3) is 13.0. The van der Waals surface area contributed by atoms with E-state index in [1.165, 1.54) is 89.7 Å². The fourth-order valence-corrected chi connectivity index (χ4v) is 5.14. The van der Waals surface area contributed by atoms with Gasteiger partial charge >= 0.3 is 5.97 Å². The maximum Gasteiger partial charge on any atom is 0.338 e. The minimum Gasteiger partial charge on any atom is -0.462 e. The van der Waals surface area contributed by atoms with Crippen LogP contribution in [0, 0.1) is 11.3 Å². The lowest BCUT2D eigenvalue weighted by Gasteiger charge is -2.30. The van der Waals surface area contributed by atoms with E-state index in [0.29, 0.717) is 30.7 Å². The third-order valence-electron chi connectivity index (χ3n) is 7.46. The molecule has 0 saturated heterocycles. The van der Waals surface area contributed by atoms with Gasteiger partial charge in [0.2, 0.25) is 0 Å². The van der Waals surface area contributed by atoms with E-state index in [0.717, 1.165) is 12.8 Å². The van der Waals surface area contributed by atoms with E-state index in [2.05, 4.69) is 11.9 Å². The van der Waals surface area contributed by atoms with Crippen LogP contribution >= 0.6 is 0 Å². The summed E-state index contributed by atoms with van der Waals surface area (Å²) in [5.41, 5.74) is 0.818. The maximum absolute atomic E-state index is 12.3. The Morgan fingerprint density at radius 2 is 1.24 bits per heavy atom. The first-order chi connectivity index (χ1) is 18.3. The SMILES string of the molecule is CCCCCCCCCCCCCCCCCOC(=O)c1ccc(N=CC2C(=O)CC(C)(C)CC2=O)cc1. The quantitative estimate of drug-likeness (QED) is 0.0782. The van der Waals surface area contributed by atoms with Gasteiger partial charge in [0.25, 0.3) is 0 Å². The summed E-state index contributed by atoms with van der Waals surface area (Å²) in [6.07, 6.45) is 21.8. The van der Waals surface area contributed by atoms with Gasteiger partial charge in [0, 0.05) is 19.1 Å². The highest BCUT2D eigenvalue weighted by molar-refractivity contribution is 6.16. The Morgan fingerprint density at radius 1 is 0.789 bits per heavy atom. The molecule has 1 fully saturated rings. The van der Waals surface area contributed by atoms with Gasteiger partial charge in [-0.25, -0.2) is 4.79 Å². The number of carbonyl (C=O) groups excluding carboxylic acids is 3. The molecule has 38 heavy (non-hydrogen) atoms. The van der Waals surface area contributed by atoms with Gasteiger partial charge in [-0.05, 0) is 36.1 Å². The molecule has 0 aliphatic heterocycles. The minimum atomic E-state index is -0.762. The molecule has 1 aromatic carbocycles. The average molecular weight is 526 g/mol. The van der Waals surface area contributed by atoms with Crippen molar-refractivity contribution in [3.63, 3.8) is 0 Å². The molecule has 0 bridgehead atoms. The highest BCUT2D eigenvalue weighted by Gasteiger charge is 2.38. The van der Waals surface area contributed by atoms with Crippen molar-refractivity contribution in [1.82, 2.24) is 0 Å². The second-order valence-electron chi connectivity index (χ2n) is 11.8. The maximum atomic E-state index is 12.3. The summed E-state index contributed by atoms with van der Waals surface area (Å²) in [6, 6.07) is 6.77. The van der Waals surface area contributed by atoms with Gasteiger partial charge in [0.1, 0.15) is 17.5 Å². The zero-order valence-electron chi connectivity index (χ0n) is 24.3. The second kappa shape index (κ2) is 18.1. The van der Waals surface area contributed by atoms with Crippen LogP contribution in [0.25, 0.3) is 0 Å². The van der Waals surface area contributed by atoms with Crippen molar-refractivity contribution in [3.05, 3.63) is 29.8 Å². The molecule has 5 heteroatoms. The van der Waals surface area contributed by atoms with Crippen LogP contribution in [0.3, 0.4) is 0 Å². The summed E-state index contributed by atoms with van der Waals surface area (Å²) in [4.78, 5) is 41.2. The van der Waals surface area contributed by atoms with E-state index >= 15 is 0 Å². The minimum absolute atomic E-state index is 0.0750. The van der Waals surface area contributed by atoms with Gasteiger partial charge in [-0.2, -0.15) is 0 Å². The number of esters is 1. The first kappa shape index (κ1) is 31.9. The Bertz CT molecular complexity index is 851. The van der Waals surface area contributed by atoms with E-state index in [1.54, 1.807) is 24.3 Å². The van der Waals surface area contributed by atoms with Crippen LogP contribution in [-0.4, -0.2) is 30.4 Å². The number of aliphatic imine (C=N–C) groups is 1. The van der Waals surface area contributed by atoms with Crippen LogP contribution in [0.15, 0.2) is 29.3 Å². The Balaban J connectivity index is 1.50. The van der Waals surface area contributed by atoms with Gasteiger partial charge in [-0.1, -0.05) is 111 Å². The number of unbranched alkanes of at least 4 members (excludes halogenated alkanes) is 14. The van der Waals surface area contributed by atoms with Crippen LogP contribution in [-0.2, 0) is 14.3 Å². The molecule has 0 heterocycles. The van der Waals surface area contributed by atoms with Gasteiger partial charge < -0.3 is 4.74 Å². The molecule has 0 N–H and O–H groups in total. The molecule has 1 aliphatic rings. The predicted octanol–water partition coefficient (Wildman–Crippen LogP) is 8.99. The number of ketones is 2.